The number of hydrogen-bond acceptors (Lipinski definition) is 3. The molecule has 0 saturated heterocycles. The Morgan fingerprint density at radius 1 is 1.30 bits per heavy atom. The van der Waals surface area contributed by atoms with E-state index in [2.05, 4.69) is 42.9 Å². The van der Waals surface area contributed by atoms with Gasteiger partial charge in [0.25, 0.3) is 0 Å². The van der Waals surface area contributed by atoms with E-state index < -0.39 is 0 Å². The quantitative estimate of drug-likeness (QED) is 0.860. The van der Waals surface area contributed by atoms with Gasteiger partial charge in [0.05, 0.1) is 0 Å². The van der Waals surface area contributed by atoms with Crippen LogP contribution in [0.3, 0.4) is 0 Å². The van der Waals surface area contributed by atoms with Gasteiger partial charge < -0.3 is 10.4 Å². The highest BCUT2D eigenvalue weighted by Crippen LogP contribution is 2.46. The predicted octanol–water partition coefficient (Wildman–Crippen LogP) is 4.66. The van der Waals surface area contributed by atoms with Crippen LogP contribution in [-0.4, -0.2) is 5.11 Å². The maximum absolute atomic E-state index is 10.2. The average Bonchev–Trinajstić information content (AvgIpc) is 3.03. The zero-order valence-electron chi connectivity index (χ0n) is 12.2. The molecular formula is C17H21NOS. The zero-order valence-corrected chi connectivity index (χ0v) is 13.0. The summed E-state index contributed by atoms with van der Waals surface area (Å²) in [5.74, 6) is 0.939. The van der Waals surface area contributed by atoms with E-state index in [9.17, 15) is 5.11 Å². The number of benzene rings is 1. The van der Waals surface area contributed by atoms with E-state index in [0.717, 1.165) is 12.0 Å². The van der Waals surface area contributed by atoms with Crippen molar-refractivity contribution in [3.05, 3.63) is 51.2 Å². The topological polar surface area (TPSA) is 32.3 Å². The first-order valence-electron chi connectivity index (χ1n) is 7.18. The molecule has 3 atom stereocenters. The smallest absolute Gasteiger partial charge is 0.120 e. The number of phenolic OH excluding ortho intramolecular Hbond substituents is 1. The molecule has 2 N–H and O–H groups in total. The molecule has 0 spiro atoms. The molecule has 0 bridgehead atoms. The molecule has 0 radical (unpaired) electrons. The lowest BCUT2D eigenvalue weighted by molar-refractivity contribution is 0.422. The molecule has 0 aliphatic heterocycles. The second-order valence-electron chi connectivity index (χ2n) is 5.86. The fourth-order valence-electron chi connectivity index (χ4n) is 3.41. The Hall–Kier alpha value is -1.32. The summed E-state index contributed by atoms with van der Waals surface area (Å²) >= 11 is 1.73. The number of aryl methyl sites for hydroxylation is 1. The van der Waals surface area contributed by atoms with Crippen molar-refractivity contribution in [1.82, 2.24) is 5.32 Å². The van der Waals surface area contributed by atoms with Crippen LogP contribution in [0.5, 0.6) is 5.75 Å². The van der Waals surface area contributed by atoms with E-state index >= 15 is 0 Å². The molecule has 1 heterocycles. The zero-order chi connectivity index (χ0) is 14.3. The summed E-state index contributed by atoms with van der Waals surface area (Å²) in [5, 5.41) is 18.2. The summed E-state index contributed by atoms with van der Waals surface area (Å²) in [5.41, 5.74) is 5.06. The molecule has 2 nitrogen and oxygen atoms in total. The SMILES string of the molecule is Cc1ccc(O)c2c1C(C)CC2NC(C)c1ccsc1. The monoisotopic (exact) mass is 287 g/mol. The van der Waals surface area contributed by atoms with Crippen LogP contribution >= 0.6 is 11.3 Å². The molecular weight excluding hydrogens is 266 g/mol. The Kier molecular flexibility index (Phi) is 3.57. The van der Waals surface area contributed by atoms with Gasteiger partial charge in [0.2, 0.25) is 0 Å². The number of phenols is 1. The Labute approximate surface area is 124 Å². The maximum atomic E-state index is 10.2. The first-order chi connectivity index (χ1) is 9.58. The van der Waals surface area contributed by atoms with Gasteiger partial charge in [-0.1, -0.05) is 13.0 Å². The molecule has 1 aliphatic rings. The Bertz CT molecular complexity index is 606. The maximum Gasteiger partial charge on any atom is 0.120 e. The van der Waals surface area contributed by atoms with Crippen LogP contribution in [0.15, 0.2) is 29.0 Å². The van der Waals surface area contributed by atoms with Crippen molar-refractivity contribution in [3.8, 4) is 5.75 Å². The van der Waals surface area contributed by atoms with Crippen molar-refractivity contribution in [1.29, 1.82) is 0 Å². The summed E-state index contributed by atoms with van der Waals surface area (Å²) in [6.45, 7) is 6.58. The van der Waals surface area contributed by atoms with E-state index in [0.29, 0.717) is 17.7 Å². The van der Waals surface area contributed by atoms with Gasteiger partial charge >= 0.3 is 0 Å². The molecule has 2 aromatic rings. The number of aromatic hydroxyl groups is 1. The minimum absolute atomic E-state index is 0.245. The number of nitrogens with one attached hydrogen (secondary N) is 1. The van der Waals surface area contributed by atoms with Gasteiger partial charge in [0, 0.05) is 17.6 Å². The minimum Gasteiger partial charge on any atom is -0.508 e. The lowest BCUT2D eigenvalue weighted by Gasteiger charge is -2.20. The highest BCUT2D eigenvalue weighted by Gasteiger charge is 2.32. The van der Waals surface area contributed by atoms with Crippen LogP contribution in [0.4, 0.5) is 0 Å². The van der Waals surface area contributed by atoms with Crippen molar-refractivity contribution in [2.45, 2.75) is 45.2 Å². The van der Waals surface area contributed by atoms with Crippen molar-refractivity contribution in [3.63, 3.8) is 0 Å². The minimum atomic E-state index is 0.245. The van der Waals surface area contributed by atoms with Crippen molar-refractivity contribution in [2.24, 2.45) is 0 Å². The molecule has 0 amide bonds. The molecule has 0 fully saturated rings. The number of thiophene rings is 1. The molecule has 3 rings (SSSR count). The predicted molar refractivity (Wildman–Crippen MR) is 84.5 cm³/mol. The van der Waals surface area contributed by atoms with Gasteiger partial charge in [-0.15, -0.1) is 0 Å². The van der Waals surface area contributed by atoms with Crippen LogP contribution < -0.4 is 5.32 Å². The molecule has 3 heteroatoms. The first kappa shape index (κ1) is 13.7. The van der Waals surface area contributed by atoms with E-state index in [4.69, 9.17) is 0 Å². The van der Waals surface area contributed by atoms with E-state index in [-0.39, 0.29) is 6.04 Å². The van der Waals surface area contributed by atoms with Crippen molar-refractivity contribution < 1.29 is 5.11 Å². The number of hydrogen-bond donors (Lipinski definition) is 2. The van der Waals surface area contributed by atoms with Gasteiger partial charge in [-0.2, -0.15) is 11.3 Å². The lowest BCUT2D eigenvalue weighted by atomic mass is 9.97. The number of rotatable bonds is 3. The van der Waals surface area contributed by atoms with Crippen LogP contribution in [0, 0.1) is 6.92 Å². The third-order valence-electron chi connectivity index (χ3n) is 4.41. The third kappa shape index (κ3) is 2.25. The molecule has 20 heavy (non-hydrogen) atoms. The van der Waals surface area contributed by atoms with Crippen LogP contribution in [0.25, 0.3) is 0 Å². The van der Waals surface area contributed by atoms with Crippen LogP contribution in [0.1, 0.15) is 60.5 Å². The molecule has 1 aromatic heterocycles. The Morgan fingerprint density at radius 3 is 2.80 bits per heavy atom. The van der Waals surface area contributed by atoms with Gasteiger partial charge in [-0.3, -0.25) is 0 Å². The van der Waals surface area contributed by atoms with Gasteiger partial charge in [-0.05, 0) is 65.8 Å². The van der Waals surface area contributed by atoms with E-state index in [1.165, 1.54) is 16.7 Å². The summed E-state index contributed by atoms with van der Waals surface area (Å²) < 4.78 is 0. The molecule has 1 aromatic carbocycles. The van der Waals surface area contributed by atoms with Crippen molar-refractivity contribution >= 4 is 11.3 Å². The molecule has 0 saturated carbocycles. The summed E-state index contributed by atoms with van der Waals surface area (Å²) in [6, 6.07) is 6.57. The van der Waals surface area contributed by atoms with Gasteiger partial charge in [0.15, 0.2) is 0 Å². The Morgan fingerprint density at radius 2 is 2.10 bits per heavy atom. The Balaban J connectivity index is 1.90. The number of fused-ring (bicyclic) bond motifs is 1. The highest BCUT2D eigenvalue weighted by molar-refractivity contribution is 7.07. The highest BCUT2D eigenvalue weighted by atomic mass is 32.1. The van der Waals surface area contributed by atoms with Gasteiger partial charge in [-0.25, -0.2) is 0 Å². The van der Waals surface area contributed by atoms with Gasteiger partial charge in [0.1, 0.15) is 5.75 Å². The molecule has 106 valence electrons. The normalized spacial score (nSPS) is 22.8. The third-order valence-corrected chi connectivity index (χ3v) is 5.11. The van der Waals surface area contributed by atoms with E-state index in [1.807, 2.05) is 12.1 Å². The standard InChI is InChI=1S/C17H21NOS/c1-10-4-5-15(19)17-14(8-11(2)16(10)17)18-12(3)13-6-7-20-9-13/h4-7,9,11-12,14,18-19H,8H2,1-3H3. The fourth-order valence-corrected chi connectivity index (χ4v) is 4.17. The second kappa shape index (κ2) is 5.23. The summed E-state index contributed by atoms with van der Waals surface area (Å²) in [7, 11) is 0. The summed E-state index contributed by atoms with van der Waals surface area (Å²) in [4.78, 5) is 0. The summed E-state index contributed by atoms with van der Waals surface area (Å²) in [6.07, 6.45) is 1.06. The second-order valence-corrected chi connectivity index (χ2v) is 6.64. The lowest BCUT2D eigenvalue weighted by Crippen LogP contribution is -2.22. The molecule has 1 aliphatic carbocycles. The van der Waals surface area contributed by atoms with Crippen LogP contribution in [-0.2, 0) is 0 Å². The average molecular weight is 287 g/mol. The largest absolute Gasteiger partial charge is 0.508 e. The fraction of sp³-hybridized carbons (Fsp3) is 0.412. The first-order valence-corrected chi connectivity index (χ1v) is 8.12. The van der Waals surface area contributed by atoms with E-state index in [1.54, 1.807) is 11.3 Å². The molecule has 3 unspecified atom stereocenters. The van der Waals surface area contributed by atoms with Crippen LogP contribution in [0.2, 0.25) is 0 Å². The van der Waals surface area contributed by atoms with Crippen molar-refractivity contribution in [2.75, 3.05) is 0 Å².